The number of likely N-dealkylation sites (N-methyl/N-ethyl adjacent to an activating group) is 1. The van der Waals surface area contributed by atoms with Crippen LogP contribution < -0.4 is 5.32 Å². The summed E-state index contributed by atoms with van der Waals surface area (Å²) in [6, 6.07) is 0.545. The Labute approximate surface area is 123 Å². The van der Waals surface area contributed by atoms with Crippen LogP contribution in [0, 0.1) is 13.8 Å². The Balaban J connectivity index is 1.65. The maximum Gasteiger partial charge on any atom is 0.0951 e. The van der Waals surface area contributed by atoms with Crippen molar-refractivity contribution >= 4 is 0 Å². The molecule has 1 aromatic rings. The van der Waals surface area contributed by atoms with Gasteiger partial charge < -0.3 is 14.8 Å². The molecule has 5 heteroatoms. The molecule has 20 heavy (non-hydrogen) atoms. The molecular formula is C15H29N5. The molecule has 0 aliphatic carbocycles. The van der Waals surface area contributed by atoms with Gasteiger partial charge in [0, 0.05) is 57.5 Å². The number of hydrogen-bond donors (Lipinski definition) is 1. The Hall–Kier alpha value is -0.910. The van der Waals surface area contributed by atoms with Crippen molar-refractivity contribution in [3.63, 3.8) is 0 Å². The summed E-state index contributed by atoms with van der Waals surface area (Å²) in [5.41, 5.74) is 2.41. The van der Waals surface area contributed by atoms with E-state index >= 15 is 0 Å². The minimum Gasteiger partial charge on any atom is -0.333 e. The van der Waals surface area contributed by atoms with Gasteiger partial charge in [0.05, 0.1) is 12.0 Å². The second-order valence-electron chi connectivity index (χ2n) is 6.07. The van der Waals surface area contributed by atoms with E-state index in [9.17, 15) is 0 Å². The first-order valence-electron chi connectivity index (χ1n) is 7.69. The minimum atomic E-state index is 0.545. The average Bonchev–Trinajstić information content (AvgIpc) is 2.73. The largest absolute Gasteiger partial charge is 0.333 e. The second-order valence-corrected chi connectivity index (χ2v) is 6.07. The Morgan fingerprint density at radius 3 is 2.55 bits per heavy atom. The van der Waals surface area contributed by atoms with Crippen LogP contribution in [0.2, 0.25) is 0 Å². The second kappa shape index (κ2) is 7.20. The molecule has 0 saturated carbocycles. The quantitative estimate of drug-likeness (QED) is 0.833. The number of nitrogens with one attached hydrogen (secondary N) is 1. The SMILES string of the molecule is Cc1ncn(CCN[C@H](C)CN2CCN(C)CC2)c1C. The van der Waals surface area contributed by atoms with Gasteiger partial charge in [-0.05, 0) is 27.8 Å². The van der Waals surface area contributed by atoms with Crippen LogP contribution in [0.5, 0.6) is 0 Å². The molecule has 1 aliphatic rings. The fourth-order valence-corrected chi connectivity index (χ4v) is 2.68. The smallest absolute Gasteiger partial charge is 0.0951 e. The van der Waals surface area contributed by atoms with E-state index in [1.54, 1.807) is 0 Å². The van der Waals surface area contributed by atoms with Crippen LogP contribution in [0.4, 0.5) is 0 Å². The topological polar surface area (TPSA) is 36.3 Å². The van der Waals surface area contributed by atoms with Crippen molar-refractivity contribution in [3.05, 3.63) is 17.7 Å². The lowest BCUT2D eigenvalue weighted by atomic mass is 10.2. The van der Waals surface area contributed by atoms with Crippen molar-refractivity contribution < 1.29 is 0 Å². The maximum absolute atomic E-state index is 4.34. The van der Waals surface area contributed by atoms with Crippen LogP contribution in [0.15, 0.2) is 6.33 Å². The highest BCUT2D eigenvalue weighted by atomic mass is 15.3. The molecular weight excluding hydrogens is 250 g/mol. The predicted octanol–water partition coefficient (Wildman–Crippen LogP) is 0.725. The van der Waals surface area contributed by atoms with Gasteiger partial charge in [0.1, 0.15) is 0 Å². The fraction of sp³-hybridized carbons (Fsp3) is 0.800. The summed E-state index contributed by atoms with van der Waals surface area (Å²) in [5.74, 6) is 0. The van der Waals surface area contributed by atoms with Crippen LogP contribution in [0.25, 0.3) is 0 Å². The van der Waals surface area contributed by atoms with Gasteiger partial charge in [0.2, 0.25) is 0 Å². The molecule has 1 N–H and O–H groups in total. The lowest BCUT2D eigenvalue weighted by molar-refractivity contribution is 0.144. The van der Waals surface area contributed by atoms with Crippen LogP contribution in [0.1, 0.15) is 18.3 Å². The van der Waals surface area contributed by atoms with E-state index in [0.29, 0.717) is 6.04 Å². The Bertz CT molecular complexity index is 406. The van der Waals surface area contributed by atoms with Crippen LogP contribution in [0.3, 0.4) is 0 Å². The Morgan fingerprint density at radius 1 is 1.25 bits per heavy atom. The molecule has 1 aromatic heterocycles. The summed E-state index contributed by atoms with van der Waals surface area (Å²) < 4.78 is 2.23. The first kappa shape index (κ1) is 15.5. The van der Waals surface area contributed by atoms with E-state index in [1.165, 1.54) is 31.9 Å². The zero-order chi connectivity index (χ0) is 14.5. The lowest BCUT2D eigenvalue weighted by Crippen LogP contribution is -2.49. The summed E-state index contributed by atoms with van der Waals surface area (Å²) in [4.78, 5) is 9.30. The van der Waals surface area contributed by atoms with Gasteiger partial charge in [-0.25, -0.2) is 4.98 Å². The van der Waals surface area contributed by atoms with E-state index in [2.05, 4.69) is 52.5 Å². The number of rotatable bonds is 6. The number of nitrogens with zero attached hydrogens (tertiary/aromatic N) is 4. The van der Waals surface area contributed by atoms with Crippen molar-refractivity contribution in [1.82, 2.24) is 24.7 Å². The molecule has 2 heterocycles. The molecule has 1 saturated heterocycles. The standard InChI is InChI=1S/C15H29N5/c1-13(11-19-9-7-18(4)8-10-19)16-5-6-20-12-17-14(2)15(20)3/h12-13,16H,5-11H2,1-4H3/t13-/m1/s1. The van der Waals surface area contributed by atoms with Crippen molar-refractivity contribution in [3.8, 4) is 0 Å². The van der Waals surface area contributed by atoms with Crippen molar-refractivity contribution in [2.45, 2.75) is 33.4 Å². The van der Waals surface area contributed by atoms with Gasteiger partial charge in [-0.15, -0.1) is 0 Å². The first-order valence-corrected chi connectivity index (χ1v) is 7.69. The van der Waals surface area contributed by atoms with Crippen molar-refractivity contribution in [1.29, 1.82) is 0 Å². The van der Waals surface area contributed by atoms with E-state index in [0.717, 1.165) is 25.3 Å². The summed E-state index contributed by atoms with van der Waals surface area (Å²) in [7, 11) is 2.20. The summed E-state index contributed by atoms with van der Waals surface area (Å²) in [5, 5.41) is 3.62. The van der Waals surface area contributed by atoms with Gasteiger partial charge >= 0.3 is 0 Å². The zero-order valence-corrected chi connectivity index (χ0v) is 13.4. The van der Waals surface area contributed by atoms with E-state index < -0.39 is 0 Å². The third-order valence-corrected chi connectivity index (χ3v) is 4.32. The third-order valence-electron chi connectivity index (χ3n) is 4.32. The third kappa shape index (κ3) is 4.30. The highest BCUT2D eigenvalue weighted by molar-refractivity contribution is 5.08. The van der Waals surface area contributed by atoms with Crippen molar-refractivity contribution in [2.24, 2.45) is 0 Å². The fourth-order valence-electron chi connectivity index (χ4n) is 2.68. The maximum atomic E-state index is 4.34. The Kier molecular flexibility index (Phi) is 5.57. The van der Waals surface area contributed by atoms with Crippen LogP contribution in [-0.4, -0.2) is 71.7 Å². The van der Waals surface area contributed by atoms with Crippen molar-refractivity contribution in [2.75, 3.05) is 46.3 Å². The van der Waals surface area contributed by atoms with Gasteiger partial charge in [-0.3, -0.25) is 4.90 Å². The minimum absolute atomic E-state index is 0.545. The highest BCUT2D eigenvalue weighted by Gasteiger charge is 2.15. The number of hydrogen-bond acceptors (Lipinski definition) is 4. The summed E-state index contributed by atoms with van der Waals surface area (Å²) in [6.45, 7) is 14.4. The van der Waals surface area contributed by atoms with Crippen LogP contribution >= 0.6 is 0 Å². The normalized spacial score (nSPS) is 19.4. The summed E-state index contributed by atoms with van der Waals surface area (Å²) in [6.07, 6.45) is 1.94. The molecule has 5 nitrogen and oxygen atoms in total. The number of imidazole rings is 1. The predicted molar refractivity (Wildman–Crippen MR) is 83.1 cm³/mol. The van der Waals surface area contributed by atoms with E-state index in [1.807, 2.05) is 6.33 Å². The molecule has 1 aliphatic heterocycles. The molecule has 1 atom stereocenters. The Morgan fingerprint density at radius 2 is 1.95 bits per heavy atom. The molecule has 0 bridgehead atoms. The zero-order valence-electron chi connectivity index (χ0n) is 13.4. The lowest BCUT2D eigenvalue weighted by Gasteiger charge is -2.34. The molecule has 1 fully saturated rings. The molecule has 2 rings (SSSR count). The van der Waals surface area contributed by atoms with Gasteiger partial charge in [-0.2, -0.15) is 0 Å². The molecule has 114 valence electrons. The highest BCUT2D eigenvalue weighted by Crippen LogP contribution is 2.03. The number of aryl methyl sites for hydroxylation is 1. The van der Waals surface area contributed by atoms with E-state index in [-0.39, 0.29) is 0 Å². The number of aromatic nitrogens is 2. The molecule has 0 radical (unpaired) electrons. The van der Waals surface area contributed by atoms with Gasteiger partial charge in [-0.1, -0.05) is 0 Å². The van der Waals surface area contributed by atoms with Gasteiger partial charge in [0.25, 0.3) is 0 Å². The summed E-state index contributed by atoms with van der Waals surface area (Å²) >= 11 is 0. The first-order chi connectivity index (χ1) is 9.56. The number of piperazine rings is 1. The molecule has 0 aromatic carbocycles. The molecule has 0 unspecified atom stereocenters. The average molecular weight is 279 g/mol. The van der Waals surface area contributed by atoms with Crippen LogP contribution in [-0.2, 0) is 6.54 Å². The van der Waals surface area contributed by atoms with E-state index in [4.69, 9.17) is 0 Å². The molecule has 0 spiro atoms. The van der Waals surface area contributed by atoms with Gasteiger partial charge in [0.15, 0.2) is 0 Å². The monoisotopic (exact) mass is 279 g/mol. The molecule has 0 amide bonds.